The first kappa shape index (κ1) is 23.5. The van der Waals surface area contributed by atoms with E-state index in [1.54, 1.807) is 26.2 Å². The van der Waals surface area contributed by atoms with Crippen LogP contribution in [0.2, 0.25) is 0 Å². The molecule has 4 aromatic rings. The minimum absolute atomic E-state index is 0.130. The third kappa shape index (κ3) is 5.13. The highest BCUT2D eigenvalue weighted by Crippen LogP contribution is 2.32. The number of aromatic amines is 1. The summed E-state index contributed by atoms with van der Waals surface area (Å²) in [7, 11) is -2.16. The molecule has 0 aliphatic rings. The van der Waals surface area contributed by atoms with E-state index in [0.717, 1.165) is 27.8 Å². The molecule has 7 nitrogen and oxygen atoms in total. The van der Waals surface area contributed by atoms with Gasteiger partial charge >= 0.3 is 0 Å². The van der Waals surface area contributed by atoms with Crippen LogP contribution in [0.25, 0.3) is 10.9 Å². The normalized spacial score (nSPS) is 12.4. The third-order valence-corrected chi connectivity index (χ3v) is 7.20. The number of carbonyl (C=O) groups excluding carboxylic acids is 1. The minimum atomic E-state index is -3.77. The number of rotatable bonds is 9. The molecule has 0 radical (unpaired) electrons. The topological polar surface area (TPSA) is 100 Å². The van der Waals surface area contributed by atoms with Gasteiger partial charge < -0.3 is 15.0 Å². The second-order valence-electron chi connectivity index (χ2n) is 7.89. The quantitative estimate of drug-likeness (QED) is 0.327. The number of benzene rings is 3. The van der Waals surface area contributed by atoms with Crippen LogP contribution in [0.4, 0.5) is 5.69 Å². The maximum Gasteiger partial charge on any atom is 0.240 e. The number of fused-ring (bicyclic) bond motifs is 1. The van der Waals surface area contributed by atoms with E-state index in [9.17, 15) is 13.2 Å². The summed E-state index contributed by atoms with van der Waals surface area (Å²) in [4.78, 5) is 15.0. The summed E-state index contributed by atoms with van der Waals surface area (Å²) in [5, 5.41) is 3.76. The zero-order chi connectivity index (χ0) is 24.1. The maximum absolute atomic E-state index is 13.1. The molecule has 1 unspecified atom stereocenters. The van der Waals surface area contributed by atoms with E-state index in [1.807, 2.05) is 54.7 Å². The van der Waals surface area contributed by atoms with Gasteiger partial charge in [-0.3, -0.25) is 4.79 Å². The highest BCUT2D eigenvalue weighted by Gasteiger charge is 2.22. The molecule has 4 rings (SSSR count). The summed E-state index contributed by atoms with van der Waals surface area (Å²) in [6.45, 7) is 1.93. The number of nitrogens with one attached hydrogen (secondary N) is 3. The second kappa shape index (κ2) is 10.1. The predicted octanol–water partition coefficient (Wildman–Crippen LogP) is 4.64. The van der Waals surface area contributed by atoms with Gasteiger partial charge in [-0.05, 0) is 53.6 Å². The molecule has 1 atom stereocenters. The molecule has 1 heterocycles. The highest BCUT2D eigenvalue weighted by atomic mass is 32.2. The molecule has 0 fully saturated rings. The van der Waals surface area contributed by atoms with Crippen LogP contribution in [0.1, 0.15) is 30.4 Å². The summed E-state index contributed by atoms with van der Waals surface area (Å²) in [5.74, 6) is 0.381. The lowest BCUT2D eigenvalue weighted by molar-refractivity contribution is -0.115. The van der Waals surface area contributed by atoms with Crippen molar-refractivity contribution in [1.82, 2.24) is 9.71 Å². The smallest absolute Gasteiger partial charge is 0.240 e. The SMILES string of the molecule is CCC(=O)Nc1ccc(S(=O)(=O)NCC(c2ccc(OC)cc2)c2c[nH]c3ccccc23)cc1. The summed E-state index contributed by atoms with van der Waals surface area (Å²) >= 11 is 0. The average molecular weight is 478 g/mol. The highest BCUT2D eigenvalue weighted by molar-refractivity contribution is 7.89. The minimum Gasteiger partial charge on any atom is -0.497 e. The van der Waals surface area contributed by atoms with E-state index in [1.165, 1.54) is 12.1 Å². The number of amides is 1. The molecule has 1 aromatic heterocycles. The largest absolute Gasteiger partial charge is 0.497 e. The number of methoxy groups -OCH3 is 1. The van der Waals surface area contributed by atoms with Crippen LogP contribution in [-0.2, 0) is 14.8 Å². The van der Waals surface area contributed by atoms with Crippen molar-refractivity contribution in [3.8, 4) is 5.75 Å². The Morgan fingerprint density at radius 2 is 1.71 bits per heavy atom. The second-order valence-corrected chi connectivity index (χ2v) is 9.66. The van der Waals surface area contributed by atoms with Crippen molar-refractivity contribution >= 4 is 32.5 Å². The van der Waals surface area contributed by atoms with Gasteiger partial charge in [-0.25, -0.2) is 13.1 Å². The van der Waals surface area contributed by atoms with E-state index in [4.69, 9.17) is 4.74 Å². The van der Waals surface area contributed by atoms with Crippen molar-refractivity contribution in [3.05, 3.63) is 90.1 Å². The summed E-state index contributed by atoms with van der Waals surface area (Å²) in [5.41, 5.74) is 3.51. The monoisotopic (exact) mass is 477 g/mol. The number of aromatic nitrogens is 1. The maximum atomic E-state index is 13.1. The van der Waals surface area contributed by atoms with Gasteiger partial charge in [0.1, 0.15) is 5.75 Å². The zero-order valence-corrected chi connectivity index (χ0v) is 19.9. The molecule has 0 aliphatic carbocycles. The molecular formula is C26H27N3O4S. The Morgan fingerprint density at radius 3 is 2.38 bits per heavy atom. The van der Waals surface area contributed by atoms with Gasteiger partial charge in [-0.15, -0.1) is 0 Å². The molecule has 0 saturated heterocycles. The fraction of sp³-hybridized carbons (Fsp3) is 0.192. The van der Waals surface area contributed by atoms with Crippen LogP contribution in [-0.4, -0.2) is 33.0 Å². The van der Waals surface area contributed by atoms with Gasteiger partial charge in [0.05, 0.1) is 12.0 Å². The van der Waals surface area contributed by atoms with E-state index >= 15 is 0 Å². The van der Waals surface area contributed by atoms with Crippen molar-refractivity contribution in [1.29, 1.82) is 0 Å². The van der Waals surface area contributed by atoms with Gasteiger partial charge in [0.2, 0.25) is 15.9 Å². The molecule has 3 N–H and O–H groups in total. The molecule has 34 heavy (non-hydrogen) atoms. The summed E-state index contributed by atoms with van der Waals surface area (Å²) in [6.07, 6.45) is 2.28. The van der Waals surface area contributed by atoms with Crippen LogP contribution in [0.15, 0.2) is 83.9 Å². The Morgan fingerprint density at radius 1 is 1.00 bits per heavy atom. The standard InChI is InChI=1S/C26H27N3O4S/c1-3-26(30)29-19-10-14-21(15-11-19)34(31,32)28-17-23(18-8-12-20(33-2)13-9-18)24-16-27-25-7-5-4-6-22(24)25/h4-16,23,27-28H,3,17H2,1-2H3,(H,29,30). The lowest BCUT2D eigenvalue weighted by atomic mass is 9.91. The zero-order valence-electron chi connectivity index (χ0n) is 19.0. The number of para-hydroxylation sites is 1. The Bertz CT molecular complexity index is 1380. The molecule has 3 aromatic carbocycles. The van der Waals surface area contributed by atoms with Crippen molar-refractivity contribution in [2.45, 2.75) is 24.2 Å². The molecule has 0 aliphatic heterocycles. The van der Waals surface area contributed by atoms with E-state index in [-0.39, 0.29) is 23.3 Å². The first-order valence-corrected chi connectivity index (χ1v) is 12.5. The molecule has 176 valence electrons. The lowest BCUT2D eigenvalue weighted by Gasteiger charge is -2.19. The van der Waals surface area contributed by atoms with Crippen LogP contribution < -0.4 is 14.8 Å². The number of hydrogen-bond acceptors (Lipinski definition) is 4. The Balaban J connectivity index is 1.60. The summed E-state index contributed by atoms with van der Waals surface area (Å²) in [6, 6.07) is 21.7. The Hall–Kier alpha value is -3.62. The molecular weight excluding hydrogens is 450 g/mol. The fourth-order valence-electron chi connectivity index (χ4n) is 3.87. The first-order valence-electron chi connectivity index (χ1n) is 11.0. The van der Waals surface area contributed by atoms with Gasteiger partial charge in [0.15, 0.2) is 0 Å². The number of carbonyl (C=O) groups is 1. The number of H-pyrrole nitrogens is 1. The first-order chi connectivity index (χ1) is 16.4. The molecule has 8 heteroatoms. The predicted molar refractivity (Wildman–Crippen MR) is 134 cm³/mol. The van der Waals surface area contributed by atoms with Crippen molar-refractivity contribution < 1.29 is 17.9 Å². The Labute approximate surface area is 199 Å². The third-order valence-electron chi connectivity index (χ3n) is 5.76. The molecule has 1 amide bonds. The van der Waals surface area contributed by atoms with Crippen LogP contribution in [0.3, 0.4) is 0 Å². The van der Waals surface area contributed by atoms with E-state index in [0.29, 0.717) is 12.1 Å². The van der Waals surface area contributed by atoms with Gasteiger partial charge in [-0.2, -0.15) is 0 Å². The van der Waals surface area contributed by atoms with Crippen molar-refractivity contribution in [2.24, 2.45) is 0 Å². The number of ether oxygens (including phenoxy) is 1. The lowest BCUT2D eigenvalue weighted by Crippen LogP contribution is -2.29. The van der Waals surface area contributed by atoms with E-state index in [2.05, 4.69) is 15.0 Å². The number of hydrogen-bond donors (Lipinski definition) is 3. The van der Waals surface area contributed by atoms with Crippen LogP contribution >= 0.6 is 0 Å². The molecule has 0 spiro atoms. The molecule has 0 bridgehead atoms. The summed E-state index contributed by atoms with van der Waals surface area (Å²) < 4.78 is 34.2. The van der Waals surface area contributed by atoms with Crippen molar-refractivity contribution in [3.63, 3.8) is 0 Å². The average Bonchev–Trinajstić information content (AvgIpc) is 3.29. The van der Waals surface area contributed by atoms with E-state index < -0.39 is 10.0 Å². The fourth-order valence-corrected chi connectivity index (χ4v) is 4.92. The van der Waals surface area contributed by atoms with Gasteiger partial charge in [0, 0.05) is 41.7 Å². The number of anilines is 1. The van der Waals surface area contributed by atoms with Gasteiger partial charge in [0.25, 0.3) is 0 Å². The van der Waals surface area contributed by atoms with Crippen LogP contribution in [0, 0.1) is 0 Å². The van der Waals surface area contributed by atoms with Gasteiger partial charge in [-0.1, -0.05) is 37.3 Å². The van der Waals surface area contributed by atoms with Crippen LogP contribution in [0.5, 0.6) is 5.75 Å². The number of sulfonamides is 1. The molecule has 0 saturated carbocycles. The Kier molecular flexibility index (Phi) is 7.00. The van der Waals surface area contributed by atoms with Crippen molar-refractivity contribution in [2.75, 3.05) is 19.0 Å².